The van der Waals surface area contributed by atoms with Crippen molar-refractivity contribution < 1.29 is 71.2 Å². The van der Waals surface area contributed by atoms with Crippen LogP contribution in [0.15, 0.2) is 23.8 Å². The zero-order valence-corrected chi connectivity index (χ0v) is 11.5. The van der Waals surface area contributed by atoms with Gasteiger partial charge in [-0.3, -0.25) is 35.1 Å². The van der Waals surface area contributed by atoms with E-state index in [4.69, 9.17) is 0 Å². The van der Waals surface area contributed by atoms with Crippen LogP contribution >= 0.6 is 0 Å². The van der Waals surface area contributed by atoms with Crippen LogP contribution in [0.4, 0.5) is 43.9 Å². The third-order valence-electron chi connectivity index (χ3n) is 0.664. The van der Waals surface area contributed by atoms with Crippen LogP contribution < -0.4 is 0 Å². The van der Waals surface area contributed by atoms with Gasteiger partial charge < -0.3 is 0 Å². The van der Waals surface area contributed by atoms with Crippen molar-refractivity contribution in [3.05, 3.63) is 36.7 Å². The SMILES string of the molecule is FC(F)=C(F)[C-](F)F.FC(F)=C(F)[C-](F)F.[Cd+2]. The molecule has 0 aliphatic carbocycles. The molecule has 0 aromatic rings. The standard InChI is InChI=1S/2C3F5.Cd/c2*4-1(2(5)6)3(7)8;/q2*-1;+2. The first-order valence-electron chi connectivity index (χ1n) is 2.89. The van der Waals surface area contributed by atoms with E-state index in [1.807, 2.05) is 0 Å². The van der Waals surface area contributed by atoms with E-state index in [0.717, 1.165) is 0 Å². The molecule has 0 aliphatic rings. The average molecular weight is 374 g/mol. The number of hydrogen-bond donors (Lipinski definition) is 0. The molecule has 0 N–H and O–H groups in total. The molecule has 0 rings (SSSR count). The molecule has 0 aromatic carbocycles. The summed E-state index contributed by atoms with van der Waals surface area (Å²) in [6.07, 6.45) is -12.0. The second-order valence-corrected chi connectivity index (χ2v) is 1.67. The Hall–Kier alpha value is -0.558. The Balaban J connectivity index is -0.000000218. The molecule has 0 aromatic heterocycles. The molecular formula is C6CdF10. The fourth-order valence-corrected chi connectivity index (χ4v) is 0.143. The Morgan fingerprint density at radius 3 is 0.706 bits per heavy atom. The topological polar surface area (TPSA) is 0 Å². The molecule has 0 heterocycles. The summed E-state index contributed by atoms with van der Waals surface area (Å²) >= 11 is 0. The zero-order chi connectivity index (χ0) is 13.5. The first-order chi connectivity index (χ1) is 7.11. The third kappa shape index (κ3) is 11.7. The van der Waals surface area contributed by atoms with E-state index >= 15 is 0 Å². The van der Waals surface area contributed by atoms with Crippen molar-refractivity contribution in [3.63, 3.8) is 0 Å². The van der Waals surface area contributed by atoms with Gasteiger partial charge in [0.2, 0.25) is 0 Å². The van der Waals surface area contributed by atoms with Gasteiger partial charge in [-0.25, -0.2) is 8.78 Å². The summed E-state index contributed by atoms with van der Waals surface area (Å²) in [7, 11) is 0. The van der Waals surface area contributed by atoms with Gasteiger partial charge in [0.1, 0.15) is 25.0 Å². The van der Waals surface area contributed by atoms with Crippen LogP contribution in [0.2, 0.25) is 0 Å². The third-order valence-corrected chi connectivity index (χ3v) is 0.664. The molecule has 96 valence electrons. The van der Waals surface area contributed by atoms with Crippen LogP contribution in [0.3, 0.4) is 0 Å². The summed E-state index contributed by atoms with van der Waals surface area (Å²) in [6.45, 7) is 0. The summed E-state index contributed by atoms with van der Waals surface area (Å²) in [6, 6.07) is 0. The van der Waals surface area contributed by atoms with Crippen molar-refractivity contribution in [2.45, 2.75) is 0 Å². The van der Waals surface area contributed by atoms with Crippen molar-refractivity contribution >= 4 is 0 Å². The van der Waals surface area contributed by atoms with Gasteiger partial charge in [-0.15, -0.1) is 0 Å². The van der Waals surface area contributed by atoms with Crippen LogP contribution in [0, 0.1) is 12.9 Å². The smallest absolute Gasteiger partial charge is 0.286 e. The number of hydrogen-bond acceptors (Lipinski definition) is 0. The van der Waals surface area contributed by atoms with Crippen molar-refractivity contribution in [1.29, 1.82) is 0 Å². The van der Waals surface area contributed by atoms with E-state index in [0.29, 0.717) is 0 Å². The molecule has 0 saturated carbocycles. The Kier molecular flexibility index (Phi) is 13.5. The van der Waals surface area contributed by atoms with E-state index in [1.54, 1.807) is 0 Å². The first-order valence-corrected chi connectivity index (χ1v) is 2.89. The van der Waals surface area contributed by atoms with Gasteiger partial charge in [-0.2, -0.15) is 0 Å². The molecule has 0 bridgehead atoms. The molecule has 0 nitrogen and oxygen atoms in total. The van der Waals surface area contributed by atoms with Crippen LogP contribution in [-0.4, -0.2) is 0 Å². The molecule has 0 unspecified atom stereocenters. The Labute approximate surface area is 108 Å². The molecule has 11 heteroatoms. The molecule has 0 atom stereocenters. The maximum atomic E-state index is 11.0. The largest absolute Gasteiger partial charge is 2.00 e. The second-order valence-electron chi connectivity index (χ2n) is 1.67. The molecular weight excluding hydrogens is 374 g/mol. The minimum atomic E-state index is -3.00. The van der Waals surface area contributed by atoms with E-state index in [-0.39, 0.29) is 27.3 Å². The van der Waals surface area contributed by atoms with Gasteiger partial charge in [0.25, 0.3) is 0 Å². The first kappa shape index (κ1) is 21.7. The van der Waals surface area contributed by atoms with E-state index < -0.39 is 36.7 Å². The predicted molar refractivity (Wildman–Crippen MR) is 31.6 cm³/mol. The minimum absolute atomic E-state index is 0. The van der Waals surface area contributed by atoms with Crippen molar-refractivity contribution in [1.82, 2.24) is 0 Å². The maximum Gasteiger partial charge on any atom is 2.00 e. The average Bonchev–Trinajstić information content (AvgIpc) is 2.15. The second kappa shape index (κ2) is 10.6. The van der Waals surface area contributed by atoms with E-state index in [1.165, 1.54) is 0 Å². The molecule has 0 spiro atoms. The zero-order valence-electron chi connectivity index (χ0n) is 7.49. The Morgan fingerprint density at radius 2 is 0.706 bits per heavy atom. The Morgan fingerprint density at radius 1 is 0.529 bits per heavy atom. The van der Waals surface area contributed by atoms with Crippen molar-refractivity contribution in [3.8, 4) is 0 Å². The summed E-state index contributed by atoms with van der Waals surface area (Å²) in [4.78, 5) is 0. The summed E-state index contributed by atoms with van der Waals surface area (Å²) in [5.74, 6) is -5.46. The number of rotatable bonds is 2. The molecule has 0 radical (unpaired) electrons. The monoisotopic (exact) mass is 376 g/mol. The predicted octanol–water partition coefficient (Wildman–Crippen LogP) is 4.98. The van der Waals surface area contributed by atoms with Gasteiger partial charge in [0.05, 0.1) is 11.7 Å². The van der Waals surface area contributed by atoms with Crippen molar-refractivity contribution in [2.24, 2.45) is 0 Å². The fourth-order valence-electron chi connectivity index (χ4n) is 0.143. The Bertz CT molecular complexity index is 234. The van der Waals surface area contributed by atoms with Crippen LogP contribution in [0.25, 0.3) is 0 Å². The summed E-state index contributed by atoms with van der Waals surface area (Å²) in [5.41, 5.74) is 0. The van der Waals surface area contributed by atoms with Crippen molar-refractivity contribution in [2.75, 3.05) is 0 Å². The summed E-state index contributed by atoms with van der Waals surface area (Å²) < 4.78 is 107. The molecule has 17 heavy (non-hydrogen) atoms. The minimum Gasteiger partial charge on any atom is -0.286 e. The summed E-state index contributed by atoms with van der Waals surface area (Å²) in [5, 5.41) is 0. The number of halogens is 10. The van der Waals surface area contributed by atoms with Gasteiger partial charge in [-0.1, -0.05) is 0 Å². The van der Waals surface area contributed by atoms with Gasteiger partial charge in [-0.05, 0) is 0 Å². The molecule has 0 fully saturated rings. The maximum absolute atomic E-state index is 11.0. The van der Waals surface area contributed by atoms with Crippen LogP contribution in [0.1, 0.15) is 0 Å². The number of allylic oxidation sites excluding steroid dienone is 2. The fraction of sp³-hybridized carbons (Fsp3) is 0. The van der Waals surface area contributed by atoms with Crippen LogP contribution in [0.5, 0.6) is 0 Å². The molecule has 0 saturated heterocycles. The van der Waals surface area contributed by atoms with Gasteiger partial charge in [0, 0.05) is 0 Å². The quantitative estimate of drug-likeness (QED) is 0.363. The molecule has 0 aliphatic heterocycles. The van der Waals surface area contributed by atoms with Gasteiger partial charge >= 0.3 is 27.3 Å². The van der Waals surface area contributed by atoms with Gasteiger partial charge in [0.15, 0.2) is 0 Å². The molecule has 0 amide bonds. The van der Waals surface area contributed by atoms with E-state index in [9.17, 15) is 43.9 Å². The van der Waals surface area contributed by atoms with Crippen LogP contribution in [-0.2, 0) is 27.3 Å². The van der Waals surface area contributed by atoms with E-state index in [2.05, 4.69) is 0 Å². The normalized spacial score (nSPS) is 8.12.